The highest BCUT2D eigenvalue weighted by Gasteiger charge is 2.13. The van der Waals surface area contributed by atoms with Crippen LogP contribution in [0.25, 0.3) is 22.2 Å². The lowest BCUT2D eigenvalue weighted by Crippen LogP contribution is -2.18. The van der Waals surface area contributed by atoms with Gasteiger partial charge >= 0.3 is 0 Å². The zero-order chi connectivity index (χ0) is 20.2. The molecule has 1 aromatic heterocycles. The molecule has 0 bridgehead atoms. The number of carbonyl (C=O) groups is 1. The van der Waals surface area contributed by atoms with Gasteiger partial charge in [-0.05, 0) is 24.3 Å². The van der Waals surface area contributed by atoms with E-state index in [0.29, 0.717) is 26.9 Å². The number of hydrogen-bond donors (Lipinski definition) is 1. The number of para-hydroxylation sites is 1. The molecule has 1 N–H and O–H groups in total. The van der Waals surface area contributed by atoms with Gasteiger partial charge in [0, 0.05) is 16.5 Å². The number of halogens is 2. The molecule has 4 aromatic rings. The van der Waals surface area contributed by atoms with Crippen molar-refractivity contribution in [2.75, 3.05) is 0 Å². The summed E-state index contributed by atoms with van der Waals surface area (Å²) in [5, 5.41) is 5.69. The fourth-order valence-corrected chi connectivity index (χ4v) is 3.46. The van der Waals surface area contributed by atoms with Gasteiger partial charge in [-0.2, -0.15) is 5.10 Å². The van der Waals surface area contributed by atoms with Gasteiger partial charge in [-0.15, -0.1) is 0 Å². The third-order valence-electron chi connectivity index (χ3n) is 4.39. The summed E-state index contributed by atoms with van der Waals surface area (Å²) in [4.78, 5) is 17.6. The number of nitrogens with zero attached hydrogens (tertiary/aromatic N) is 2. The monoisotopic (exact) mass is 419 g/mol. The van der Waals surface area contributed by atoms with Crippen LogP contribution in [0.15, 0.2) is 84.0 Å². The van der Waals surface area contributed by atoms with Crippen LogP contribution < -0.4 is 5.43 Å². The topological polar surface area (TPSA) is 54.4 Å². The predicted octanol–water partition coefficient (Wildman–Crippen LogP) is 5.97. The van der Waals surface area contributed by atoms with Crippen LogP contribution in [0.2, 0.25) is 10.0 Å². The Morgan fingerprint density at radius 1 is 0.897 bits per heavy atom. The molecule has 29 heavy (non-hydrogen) atoms. The molecule has 1 heterocycles. The van der Waals surface area contributed by atoms with Crippen LogP contribution in [0, 0.1) is 0 Å². The molecule has 4 rings (SSSR count). The van der Waals surface area contributed by atoms with Gasteiger partial charge in [0.1, 0.15) is 0 Å². The maximum atomic E-state index is 12.9. The minimum Gasteiger partial charge on any atom is -0.267 e. The molecule has 0 aliphatic heterocycles. The molecule has 0 spiro atoms. The second kappa shape index (κ2) is 8.43. The van der Waals surface area contributed by atoms with E-state index in [1.807, 2.05) is 54.6 Å². The quantitative estimate of drug-likeness (QED) is 0.327. The Hall–Kier alpha value is -3.21. The van der Waals surface area contributed by atoms with Crippen LogP contribution >= 0.6 is 23.2 Å². The minimum absolute atomic E-state index is 0.347. The van der Waals surface area contributed by atoms with Gasteiger partial charge in [0.25, 0.3) is 5.91 Å². The van der Waals surface area contributed by atoms with Crippen molar-refractivity contribution >= 4 is 46.2 Å². The molecule has 4 nitrogen and oxygen atoms in total. The van der Waals surface area contributed by atoms with Crippen molar-refractivity contribution in [1.29, 1.82) is 0 Å². The molecule has 1 amide bonds. The maximum absolute atomic E-state index is 12.9. The van der Waals surface area contributed by atoms with Crippen molar-refractivity contribution < 1.29 is 4.79 Å². The van der Waals surface area contributed by atoms with Crippen molar-refractivity contribution in [3.05, 3.63) is 100 Å². The van der Waals surface area contributed by atoms with Crippen LogP contribution in [0.4, 0.5) is 0 Å². The normalized spacial score (nSPS) is 11.1. The van der Waals surface area contributed by atoms with Crippen molar-refractivity contribution in [3.8, 4) is 11.3 Å². The summed E-state index contributed by atoms with van der Waals surface area (Å²) in [6, 6.07) is 24.1. The van der Waals surface area contributed by atoms with Gasteiger partial charge in [-0.25, -0.2) is 10.4 Å². The van der Waals surface area contributed by atoms with Crippen molar-refractivity contribution in [3.63, 3.8) is 0 Å². The number of carbonyl (C=O) groups excluding carboxylic acids is 1. The Morgan fingerprint density at radius 3 is 2.34 bits per heavy atom. The van der Waals surface area contributed by atoms with E-state index < -0.39 is 0 Å². The third-order valence-corrected chi connectivity index (χ3v) is 5.05. The van der Waals surface area contributed by atoms with Gasteiger partial charge in [-0.1, -0.05) is 77.8 Å². The zero-order valence-corrected chi connectivity index (χ0v) is 16.7. The summed E-state index contributed by atoms with van der Waals surface area (Å²) < 4.78 is 0. The summed E-state index contributed by atoms with van der Waals surface area (Å²) in [5.41, 5.74) is 5.96. The highest BCUT2D eigenvalue weighted by molar-refractivity contribution is 6.38. The molecular weight excluding hydrogens is 405 g/mol. The summed E-state index contributed by atoms with van der Waals surface area (Å²) >= 11 is 12.3. The molecule has 0 unspecified atom stereocenters. The van der Waals surface area contributed by atoms with E-state index in [2.05, 4.69) is 15.5 Å². The smallest absolute Gasteiger partial charge is 0.267 e. The number of pyridine rings is 1. The molecule has 0 saturated heterocycles. The van der Waals surface area contributed by atoms with E-state index in [-0.39, 0.29) is 5.91 Å². The lowest BCUT2D eigenvalue weighted by atomic mass is 10.0. The Morgan fingerprint density at radius 2 is 1.59 bits per heavy atom. The number of hydrazone groups is 1. The van der Waals surface area contributed by atoms with Crippen LogP contribution in [0.5, 0.6) is 0 Å². The third kappa shape index (κ3) is 4.14. The number of rotatable bonds is 4. The fourth-order valence-electron chi connectivity index (χ4n) is 2.97. The van der Waals surface area contributed by atoms with Gasteiger partial charge < -0.3 is 0 Å². The van der Waals surface area contributed by atoms with E-state index >= 15 is 0 Å². The zero-order valence-electron chi connectivity index (χ0n) is 15.1. The van der Waals surface area contributed by atoms with E-state index in [1.165, 1.54) is 6.21 Å². The molecule has 0 atom stereocenters. The summed E-state index contributed by atoms with van der Waals surface area (Å²) in [7, 11) is 0. The Labute approximate surface area is 177 Å². The van der Waals surface area contributed by atoms with Crippen LogP contribution in [0.3, 0.4) is 0 Å². The summed E-state index contributed by atoms with van der Waals surface area (Å²) in [5.74, 6) is -0.347. The Kier molecular flexibility index (Phi) is 5.56. The molecule has 3 aromatic carbocycles. The summed E-state index contributed by atoms with van der Waals surface area (Å²) in [6.45, 7) is 0. The Balaban J connectivity index is 1.69. The second-order valence-corrected chi connectivity index (χ2v) is 7.09. The SMILES string of the molecule is O=C(N/N=C/c1c(Cl)cccc1Cl)c1cc(-c2ccccc2)nc2ccccc12. The molecule has 0 aliphatic rings. The average Bonchev–Trinajstić information content (AvgIpc) is 2.75. The number of aromatic nitrogens is 1. The van der Waals surface area contributed by atoms with Crippen molar-refractivity contribution in [1.82, 2.24) is 10.4 Å². The largest absolute Gasteiger partial charge is 0.272 e. The first-order valence-electron chi connectivity index (χ1n) is 8.86. The highest BCUT2D eigenvalue weighted by atomic mass is 35.5. The molecule has 6 heteroatoms. The number of hydrogen-bond acceptors (Lipinski definition) is 3. The van der Waals surface area contributed by atoms with Gasteiger partial charge in [0.2, 0.25) is 0 Å². The highest BCUT2D eigenvalue weighted by Crippen LogP contribution is 2.25. The lowest BCUT2D eigenvalue weighted by Gasteiger charge is -2.09. The second-order valence-electron chi connectivity index (χ2n) is 6.27. The van der Waals surface area contributed by atoms with E-state index in [1.54, 1.807) is 24.3 Å². The first kappa shape index (κ1) is 19.1. The number of amides is 1. The first-order chi connectivity index (χ1) is 14.1. The number of fused-ring (bicyclic) bond motifs is 1. The van der Waals surface area contributed by atoms with E-state index in [0.717, 1.165) is 16.5 Å². The summed E-state index contributed by atoms with van der Waals surface area (Å²) in [6.07, 6.45) is 1.43. The lowest BCUT2D eigenvalue weighted by molar-refractivity contribution is 0.0956. The maximum Gasteiger partial charge on any atom is 0.272 e. The molecule has 142 valence electrons. The molecule has 0 radical (unpaired) electrons. The van der Waals surface area contributed by atoms with Crippen LogP contribution in [-0.2, 0) is 0 Å². The molecule has 0 fully saturated rings. The van der Waals surface area contributed by atoms with Crippen molar-refractivity contribution in [2.45, 2.75) is 0 Å². The minimum atomic E-state index is -0.347. The van der Waals surface area contributed by atoms with Gasteiger partial charge in [0.15, 0.2) is 0 Å². The molecule has 0 saturated carbocycles. The molecule has 0 aliphatic carbocycles. The first-order valence-corrected chi connectivity index (χ1v) is 9.62. The number of benzene rings is 3. The standard InChI is InChI=1S/C23H15Cl2N3O/c24-19-10-6-11-20(25)18(19)14-26-28-23(29)17-13-22(15-7-2-1-3-8-15)27-21-12-5-4-9-16(17)21/h1-14H,(H,28,29)/b26-14+. The van der Waals surface area contributed by atoms with Gasteiger partial charge in [-0.3, -0.25) is 4.79 Å². The van der Waals surface area contributed by atoms with E-state index in [9.17, 15) is 4.79 Å². The van der Waals surface area contributed by atoms with Gasteiger partial charge in [0.05, 0.1) is 33.0 Å². The van der Waals surface area contributed by atoms with Crippen LogP contribution in [-0.4, -0.2) is 17.1 Å². The number of nitrogens with one attached hydrogen (secondary N) is 1. The van der Waals surface area contributed by atoms with Crippen LogP contribution in [0.1, 0.15) is 15.9 Å². The van der Waals surface area contributed by atoms with Crippen molar-refractivity contribution in [2.24, 2.45) is 5.10 Å². The predicted molar refractivity (Wildman–Crippen MR) is 119 cm³/mol. The van der Waals surface area contributed by atoms with E-state index in [4.69, 9.17) is 23.2 Å². The fraction of sp³-hybridized carbons (Fsp3) is 0. The Bertz CT molecular complexity index is 1200. The molecular formula is C23H15Cl2N3O. The average molecular weight is 420 g/mol.